The third-order valence-corrected chi connectivity index (χ3v) is 5.40. The number of carbonyl (C=O) groups excluding carboxylic acids is 2. The van der Waals surface area contributed by atoms with Crippen molar-refractivity contribution in [2.45, 2.75) is 18.9 Å². The fourth-order valence-corrected chi connectivity index (χ4v) is 3.52. The Hall–Kier alpha value is -2.90. The molecule has 3 aromatic rings. The fraction of sp³-hybridized carbons (Fsp3) is 0.200. The second-order valence-electron chi connectivity index (χ2n) is 6.59. The van der Waals surface area contributed by atoms with Crippen LogP contribution in [-0.2, 0) is 4.79 Å². The van der Waals surface area contributed by atoms with E-state index in [1.165, 1.54) is 0 Å². The Labute approximate surface area is 177 Å². The van der Waals surface area contributed by atoms with Crippen molar-refractivity contribution in [3.63, 3.8) is 0 Å². The molecule has 1 aliphatic heterocycles. The summed E-state index contributed by atoms with van der Waals surface area (Å²) in [4.78, 5) is 31.6. The van der Waals surface area contributed by atoms with Crippen molar-refractivity contribution in [1.82, 2.24) is 20.1 Å². The first-order valence-corrected chi connectivity index (χ1v) is 9.83. The number of hydrogen-bond acceptors (Lipinski definition) is 4. The molecule has 1 N–H and O–H groups in total. The molecule has 1 unspecified atom stereocenters. The van der Waals surface area contributed by atoms with Crippen molar-refractivity contribution >= 4 is 40.7 Å². The maximum atomic E-state index is 12.9. The molecule has 1 saturated heterocycles. The number of nitrogens with zero attached hydrogens (tertiary/aromatic N) is 4. The molecule has 3 heterocycles. The van der Waals surface area contributed by atoms with E-state index in [2.05, 4.69) is 15.4 Å². The van der Waals surface area contributed by atoms with Gasteiger partial charge in [0.15, 0.2) is 5.82 Å². The highest BCUT2D eigenvalue weighted by Crippen LogP contribution is 2.29. The highest BCUT2D eigenvalue weighted by atomic mass is 35.5. The van der Waals surface area contributed by atoms with E-state index in [-0.39, 0.29) is 11.6 Å². The first-order valence-electron chi connectivity index (χ1n) is 9.07. The van der Waals surface area contributed by atoms with Gasteiger partial charge in [0, 0.05) is 24.6 Å². The Balaban J connectivity index is 1.50. The molecule has 7 nitrogen and oxygen atoms in total. The molecule has 0 radical (unpaired) electrons. The second-order valence-corrected chi connectivity index (χ2v) is 7.40. The fourth-order valence-electron chi connectivity index (χ4n) is 3.23. The minimum absolute atomic E-state index is 0.189. The molecular formula is C20H17Cl2N5O2. The Morgan fingerprint density at radius 2 is 2.00 bits per heavy atom. The largest absolute Gasteiger partial charge is 0.339 e. The first-order chi connectivity index (χ1) is 14.0. The van der Waals surface area contributed by atoms with Gasteiger partial charge in [0.25, 0.3) is 5.91 Å². The van der Waals surface area contributed by atoms with Gasteiger partial charge in [-0.15, -0.1) is 0 Å². The average molecular weight is 430 g/mol. The third-order valence-electron chi connectivity index (χ3n) is 4.66. The molecule has 2 amide bonds. The van der Waals surface area contributed by atoms with Crippen LogP contribution in [0.2, 0.25) is 10.0 Å². The lowest BCUT2D eigenvalue weighted by molar-refractivity contribution is -0.121. The van der Waals surface area contributed by atoms with Crippen LogP contribution in [0.4, 0.5) is 5.69 Å². The molecule has 0 spiro atoms. The molecule has 9 heteroatoms. The van der Waals surface area contributed by atoms with Crippen LogP contribution < -0.4 is 10.2 Å². The normalized spacial score (nSPS) is 16.7. The number of halogens is 2. The number of hydrogen-bond donors (Lipinski definition) is 1. The van der Waals surface area contributed by atoms with E-state index in [1.807, 2.05) is 0 Å². The van der Waals surface area contributed by atoms with Gasteiger partial charge in [0.05, 0.1) is 10.0 Å². The Kier molecular flexibility index (Phi) is 5.51. The quantitative estimate of drug-likeness (QED) is 0.687. The zero-order valence-corrected chi connectivity index (χ0v) is 16.8. The molecule has 0 saturated carbocycles. The number of pyridine rings is 1. The van der Waals surface area contributed by atoms with Crippen molar-refractivity contribution in [2.24, 2.45) is 0 Å². The SMILES string of the molecule is O=C(NC1CCCN(c2ccc(Cl)c(Cl)c2)C1=O)c1cccc(-n2cccn2)n1. The Morgan fingerprint density at radius 3 is 2.76 bits per heavy atom. The maximum absolute atomic E-state index is 12.9. The van der Waals surface area contributed by atoms with Crippen molar-refractivity contribution in [3.05, 3.63) is 70.6 Å². The van der Waals surface area contributed by atoms with Gasteiger partial charge in [-0.2, -0.15) is 5.10 Å². The van der Waals surface area contributed by atoms with Gasteiger partial charge in [-0.1, -0.05) is 29.3 Å². The molecule has 1 atom stereocenters. The van der Waals surface area contributed by atoms with E-state index < -0.39 is 11.9 Å². The van der Waals surface area contributed by atoms with Crippen molar-refractivity contribution in [3.8, 4) is 5.82 Å². The van der Waals surface area contributed by atoms with Crippen molar-refractivity contribution in [1.29, 1.82) is 0 Å². The summed E-state index contributed by atoms with van der Waals surface area (Å²) in [7, 11) is 0. The minimum Gasteiger partial charge on any atom is -0.339 e. The van der Waals surface area contributed by atoms with Crippen LogP contribution in [0.3, 0.4) is 0 Å². The third kappa shape index (κ3) is 4.11. The Morgan fingerprint density at radius 1 is 1.14 bits per heavy atom. The van der Waals surface area contributed by atoms with Crippen LogP contribution in [0.15, 0.2) is 54.9 Å². The zero-order chi connectivity index (χ0) is 20.4. The predicted molar refractivity (Wildman–Crippen MR) is 111 cm³/mol. The lowest BCUT2D eigenvalue weighted by Crippen LogP contribution is -2.52. The number of aromatic nitrogens is 3. The van der Waals surface area contributed by atoms with Crippen LogP contribution >= 0.6 is 23.2 Å². The van der Waals surface area contributed by atoms with E-state index >= 15 is 0 Å². The second kappa shape index (κ2) is 8.23. The van der Waals surface area contributed by atoms with Crippen LogP contribution in [0.1, 0.15) is 23.3 Å². The molecule has 0 aliphatic carbocycles. The molecule has 29 heavy (non-hydrogen) atoms. The summed E-state index contributed by atoms with van der Waals surface area (Å²) < 4.78 is 1.56. The first kappa shape index (κ1) is 19.4. The summed E-state index contributed by atoms with van der Waals surface area (Å²) in [6.07, 6.45) is 4.68. The summed E-state index contributed by atoms with van der Waals surface area (Å²) >= 11 is 12.0. The number of carbonyl (C=O) groups is 2. The maximum Gasteiger partial charge on any atom is 0.270 e. The van der Waals surface area contributed by atoms with Gasteiger partial charge in [0.2, 0.25) is 5.91 Å². The number of anilines is 1. The molecule has 0 bridgehead atoms. The topological polar surface area (TPSA) is 80.1 Å². The number of piperidine rings is 1. The van der Waals surface area contributed by atoms with E-state index in [0.717, 1.165) is 6.42 Å². The molecule has 148 valence electrons. The van der Waals surface area contributed by atoms with Crippen molar-refractivity contribution in [2.75, 3.05) is 11.4 Å². The summed E-state index contributed by atoms with van der Waals surface area (Å²) in [6, 6.07) is 11.3. The van der Waals surface area contributed by atoms with Gasteiger partial charge in [-0.05, 0) is 49.2 Å². The van der Waals surface area contributed by atoms with Gasteiger partial charge >= 0.3 is 0 Å². The molecule has 2 aromatic heterocycles. The predicted octanol–water partition coefficient (Wildman–Crippen LogP) is 3.50. The van der Waals surface area contributed by atoms with E-state index in [0.29, 0.717) is 34.5 Å². The van der Waals surface area contributed by atoms with Crippen LogP contribution in [0.5, 0.6) is 0 Å². The summed E-state index contributed by atoms with van der Waals surface area (Å²) in [5.41, 5.74) is 0.875. The molecule has 1 aromatic carbocycles. The van der Waals surface area contributed by atoms with Crippen LogP contribution in [0.25, 0.3) is 5.82 Å². The lowest BCUT2D eigenvalue weighted by Gasteiger charge is -2.32. The standard InChI is InChI=1S/C20H17Cl2N5O2/c21-14-8-7-13(12-15(14)22)26-10-2-5-17(20(26)29)25-19(28)16-4-1-6-18(24-16)27-11-3-9-23-27/h1,3-4,6-9,11-12,17H,2,5,10H2,(H,25,28). The van der Waals surface area contributed by atoms with Gasteiger partial charge in [-0.3, -0.25) is 9.59 Å². The number of benzene rings is 1. The number of nitrogens with one attached hydrogen (secondary N) is 1. The molecule has 4 rings (SSSR count). The highest BCUT2D eigenvalue weighted by molar-refractivity contribution is 6.42. The molecule has 1 aliphatic rings. The lowest BCUT2D eigenvalue weighted by atomic mass is 10.0. The summed E-state index contributed by atoms with van der Waals surface area (Å²) in [6.45, 7) is 0.552. The van der Waals surface area contributed by atoms with E-state index in [4.69, 9.17) is 23.2 Å². The zero-order valence-electron chi connectivity index (χ0n) is 15.3. The monoisotopic (exact) mass is 429 g/mol. The number of amides is 2. The van der Waals surface area contributed by atoms with Crippen LogP contribution in [0, 0.1) is 0 Å². The van der Waals surface area contributed by atoms with Gasteiger partial charge in [0.1, 0.15) is 11.7 Å². The van der Waals surface area contributed by atoms with E-state index in [9.17, 15) is 9.59 Å². The smallest absolute Gasteiger partial charge is 0.270 e. The van der Waals surface area contributed by atoms with Crippen molar-refractivity contribution < 1.29 is 9.59 Å². The minimum atomic E-state index is -0.638. The molecular weight excluding hydrogens is 413 g/mol. The number of rotatable bonds is 4. The van der Waals surface area contributed by atoms with Gasteiger partial charge in [-0.25, -0.2) is 9.67 Å². The molecule has 1 fully saturated rings. The highest BCUT2D eigenvalue weighted by Gasteiger charge is 2.31. The van der Waals surface area contributed by atoms with Gasteiger partial charge < -0.3 is 10.2 Å². The Bertz CT molecular complexity index is 1050. The van der Waals surface area contributed by atoms with Crippen LogP contribution in [-0.4, -0.2) is 39.2 Å². The summed E-state index contributed by atoms with van der Waals surface area (Å²) in [5.74, 6) is -0.0744. The van der Waals surface area contributed by atoms with E-state index in [1.54, 1.807) is 64.4 Å². The summed E-state index contributed by atoms with van der Waals surface area (Å²) in [5, 5.41) is 7.72. The average Bonchev–Trinajstić information content (AvgIpc) is 3.27.